The molecule has 0 heterocycles. The van der Waals surface area contributed by atoms with E-state index in [1.165, 1.54) is 0 Å². The minimum atomic E-state index is -0.267. The summed E-state index contributed by atoms with van der Waals surface area (Å²) >= 11 is 0. The standard InChI is InChI=1S/C13H21NO2/c1-3-13(2,10-14)16-11-15-9-12-7-5-4-6-8-12/h4-8H,3,9-11,14H2,1-2H3. The monoisotopic (exact) mass is 223 g/mol. The quantitative estimate of drug-likeness (QED) is 0.570. The molecule has 0 saturated heterocycles. The first kappa shape index (κ1) is 13.2. The van der Waals surface area contributed by atoms with Crippen LogP contribution in [0.1, 0.15) is 25.8 Å². The van der Waals surface area contributed by atoms with Gasteiger partial charge in [-0.3, -0.25) is 0 Å². The first-order valence-corrected chi connectivity index (χ1v) is 5.66. The third kappa shape index (κ3) is 4.31. The van der Waals surface area contributed by atoms with E-state index < -0.39 is 0 Å². The number of ether oxygens (including phenoxy) is 2. The Bertz CT molecular complexity index is 283. The highest BCUT2D eigenvalue weighted by Gasteiger charge is 2.20. The lowest BCUT2D eigenvalue weighted by atomic mass is 10.0. The Labute approximate surface area is 97.6 Å². The smallest absolute Gasteiger partial charge is 0.147 e. The van der Waals surface area contributed by atoms with Crippen molar-refractivity contribution < 1.29 is 9.47 Å². The van der Waals surface area contributed by atoms with Crippen LogP contribution in [0.15, 0.2) is 30.3 Å². The Hall–Kier alpha value is -0.900. The average Bonchev–Trinajstić information content (AvgIpc) is 2.36. The van der Waals surface area contributed by atoms with Gasteiger partial charge >= 0.3 is 0 Å². The minimum absolute atomic E-state index is 0.267. The fourth-order valence-corrected chi connectivity index (χ4v) is 1.22. The van der Waals surface area contributed by atoms with Gasteiger partial charge in [-0.05, 0) is 18.9 Å². The molecular formula is C13H21NO2. The molecule has 0 bridgehead atoms. The van der Waals surface area contributed by atoms with E-state index in [0.717, 1.165) is 12.0 Å². The van der Waals surface area contributed by atoms with Crippen molar-refractivity contribution in [2.45, 2.75) is 32.5 Å². The minimum Gasteiger partial charge on any atom is -0.351 e. The summed E-state index contributed by atoms with van der Waals surface area (Å²) < 4.78 is 11.0. The van der Waals surface area contributed by atoms with Gasteiger partial charge in [-0.25, -0.2) is 0 Å². The van der Waals surface area contributed by atoms with Crippen LogP contribution in [-0.2, 0) is 16.1 Å². The first-order chi connectivity index (χ1) is 7.70. The Balaban J connectivity index is 2.22. The van der Waals surface area contributed by atoms with Crippen LogP contribution >= 0.6 is 0 Å². The molecule has 0 fully saturated rings. The maximum Gasteiger partial charge on any atom is 0.147 e. The molecule has 1 aromatic carbocycles. The first-order valence-electron chi connectivity index (χ1n) is 5.66. The van der Waals surface area contributed by atoms with Crippen LogP contribution in [0, 0.1) is 0 Å². The molecule has 16 heavy (non-hydrogen) atoms. The van der Waals surface area contributed by atoms with Crippen molar-refractivity contribution >= 4 is 0 Å². The van der Waals surface area contributed by atoms with Crippen molar-refractivity contribution in [1.82, 2.24) is 0 Å². The lowest BCUT2D eigenvalue weighted by molar-refractivity contribution is -0.137. The molecule has 0 saturated carbocycles. The predicted molar refractivity (Wildman–Crippen MR) is 64.9 cm³/mol. The van der Waals surface area contributed by atoms with E-state index in [9.17, 15) is 0 Å². The topological polar surface area (TPSA) is 44.5 Å². The summed E-state index contributed by atoms with van der Waals surface area (Å²) in [6.07, 6.45) is 0.887. The van der Waals surface area contributed by atoms with Gasteiger partial charge < -0.3 is 15.2 Å². The van der Waals surface area contributed by atoms with Crippen molar-refractivity contribution in [1.29, 1.82) is 0 Å². The second kappa shape index (κ2) is 6.63. The molecule has 1 aromatic rings. The molecule has 0 spiro atoms. The predicted octanol–water partition coefficient (Wildman–Crippen LogP) is 2.30. The molecule has 0 aromatic heterocycles. The van der Waals surface area contributed by atoms with Crippen molar-refractivity contribution in [2.75, 3.05) is 13.3 Å². The van der Waals surface area contributed by atoms with Crippen LogP contribution < -0.4 is 5.73 Å². The number of benzene rings is 1. The van der Waals surface area contributed by atoms with E-state index in [4.69, 9.17) is 15.2 Å². The molecule has 1 atom stereocenters. The van der Waals surface area contributed by atoms with Gasteiger partial charge in [0.2, 0.25) is 0 Å². The molecule has 1 rings (SSSR count). The SMILES string of the molecule is CCC(C)(CN)OCOCc1ccccc1. The van der Waals surface area contributed by atoms with Crippen LogP contribution in [0.25, 0.3) is 0 Å². The van der Waals surface area contributed by atoms with E-state index in [-0.39, 0.29) is 12.4 Å². The number of hydrogen-bond donors (Lipinski definition) is 1. The molecule has 0 radical (unpaired) electrons. The normalized spacial score (nSPS) is 14.7. The second-order valence-electron chi connectivity index (χ2n) is 4.10. The maximum absolute atomic E-state index is 5.63. The molecule has 90 valence electrons. The van der Waals surface area contributed by atoms with Gasteiger partial charge in [-0.1, -0.05) is 37.3 Å². The molecule has 2 N–H and O–H groups in total. The van der Waals surface area contributed by atoms with Gasteiger partial charge in [0.15, 0.2) is 0 Å². The van der Waals surface area contributed by atoms with E-state index in [1.54, 1.807) is 0 Å². The fraction of sp³-hybridized carbons (Fsp3) is 0.538. The van der Waals surface area contributed by atoms with E-state index in [2.05, 4.69) is 6.92 Å². The van der Waals surface area contributed by atoms with Crippen LogP contribution in [-0.4, -0.2) is 18.9 Å². The number of rotatable bonds is 7. The van der Waals surface area contributed by atoms with Gasteiger partial charge in [0, 0.05) is 6.54 Å². The highest BCUT2D eigenvalue weighted by Crippen LogP contribution is 2.13. The van der Waals surface area contributed by atoms with Gasteiger partial charge in [-0.2, -0.15) is 0 Å². The Morgan fingerprint density at radius 1 is 1.25 bits per heavy atom. The summed E-state index contributed by atoms with van der Waals surface area (Å²) in [7, 11) is 0. The molecule has 3 heteroatoms. The lowest BCUT2D eigenvalue weighted by Crippen LogP contribution is -2.37. The van der Waals surface area contributed by atoms with Crippen molar-refractivity contribution in [3.63, 3.8) is 0 Å². The zero-order valence-electron chi connectivity index (χ0n) is 10.1. The summed E-state index contributed by atoms with van der Waals surface area (Å²) in [4.78, 5) is 0. The zero-order valence-corrected chi connectivity index (χ0v) is 10.1. The Morgan fingerprint density at radius 2 is 1.94 bits per heavy atom. The van der Waals surface area contributed by atoms with Crippen molar-refractivity contribution in [2.24, 2.45) is 5.73 Å². The second-order valence-corrected chi connectivity index (χ2v) is 4.10. The van der Waals surface area contributed by atoms with Gasteiger partial charge in [0.1, 0.15) is 6.79 Å². The van der Waals surface area contributed by atoms with Gasteiger partial charge in [0.25, 0.3) is 0 Å². The lowest BCUT2D eigenvalue weighted by Gasteiger charge is -2.26. The van der Waals surface area contributed by atoms with E-state index >= 15 is 0 Å². The van der Waals surface area contributed by atoms with E-state index in [0.29, 0.717) is 13.2 Å². The zero-order chi connectivity index (χ0) is 11.9. The molecule has 0 aliphatic heterocycles. The summed E-state index contributed by atoms with van der Waals surface area (Å²) in [5, 5.41) is 0. The molecule has 0 amide bonds. The van der Waals surface area contributed by atoms with Crippen LogP contribution in [0.3, 0.4) is 0 Å². The molecule has 3 nitrogen and oxygen atoms in total. The third-order valence-corrected chi connectivity index (χ3v) is 2.78. The highest BCUT2D eigenvalue weighted by atomic mass is 16.7. The molecule has 1 unspecified atom stereocenters. The summed E-state index contributed by atoms with van der Waals surface area (Å²) in [5.74, 6) is 0. The Morgan fingerprint density at radius 3 is 2.50 bits per heavy atom. The maximum atomic E-state index is 5.63. The molecule has 0 aliphatic carbocycles. The Kier molecular flexibility index (Phi) is 5.46. The third-order valence-electron chi connectivity index (χ3n) is 2.78. The average molecular weight is 223 g/mol. The highest BCUT2D eigenvalue weighted by molar-refractivity contribution is 5.13. The molecular weight excluding hydrogens is 202 g/mol. The van der Waals surface area contributed by atoms with Crippen LogP contribution in [0.2, 0.25) is 0 Å². The largest absolute Gasteiger partial charge is 0.351 e. The number of hydrogen-bond acceptors (Lipinski definition) is 3. The summed E-state index contributed by atoms with van der Waals surface area (Å²) in [6.45, 7) is 5.43. The van der Waals surface area contributed by atoms with Crippen LogP contribution in [0.4, 0.5) is 0 Å². The summed E-state index contributed by atoms with van der Waals surface area (Å²) in [6, 6.07) is 10.0. The fourth-order valence-electron chi connectivity index (χ4n) is 1.22. The number of nitrogens with two attached hydrogens (primary N) is 1. The van der Waals surface area contributed by atoms with E-state index in [1.807, 2.05) is 37.3 Å². The van der Waals surface area contributed by atoms with Crippen LogP contribution in [0.5, 0.6) is 0 Å². The van der Waals surface area contributed by atoms with Gasteiger partial charge in [0.05, 0.1) is 12.2 Å². The summed E-state index contributed by atoms with van der Waals surface area (Å²) in [5.41, 5.74) is 6.51. The van der Waals surface area contributed by atoms with Crippen molar-refractivity contribution in [3.05, 3.63) is 35.9 Å². The van der Waals surface area contributed by atoms with Crippen molar-refractivity contribution in [3.8, 4) is 0 Å². The molecule has 0 aliphatic rings. The van der Waals surface area contributed by atoms with Gasteiger partial charge in [-0.15, -0.1) is 0 Å².